The molecule has 1 heterocycles. The molecule has 1 nitrogen and oxygen atoms in total. The minimum absolute atomic E-state index is 1.21. The van der Waals surface area contributed by atoms with E-state index in [0.29, 0.717) is 0 Å². The van der Waals surface area contributed by atoms with Crippen LogP contribution < -0.4 is 4.90 Å². The van der Waals surface area contributed by atoms with E-state index in [1.807, 2.05) is 11.8 Å². The fraction of sp³-hybridized carbons (Fsp3) is 0.0769. The molecule has 28 heavy (non-hydrogen) atoms. The van der Waals surface area contributed by atoms with Gasteiger partial charge in [0.15, 0.2) is 0 Å². The Kier molecular flexibility index (Phi) is 4.22. The van der Waals surface area contributed by atoms with Crippen LogP contribution in [0.15, 0.2) is 101 Å². The van der Waals surface area contributed by atoms with E-state index in [0.717, 1.165) is 0 Å². The number of nitrogens with zero attached hydrogens (tertiary/aromatic N) is 1. The van der Waals surface area contributed by atoms with Gasteiger partial charge < -0.3 is 4.90 Å². The highest BCUT2D eigenvalue weighted by molar-refractivity contribution is 7.99. The normalized spacial score (nSPS) is 12.4. The van der Waals surface area contributed by atoms with Gasteiger partial charge >= 0.3 is 0 Å². The zero-order chi connectivity index (χ0) is 19.1. The Hall–Kier alpha value is -2.97. The standard InChI is InChI=1S/C26H21NS/c1-18-12-14-23-25(16-18)28-26-17-19(2)13-15-24(26)27(23)22-11-7-6-10-21(22)20-8-4-3-5-9-20/h3-17H,1-2H3. The molecule has 0 saturated carbocycles. The molecule has 4 aromatic rings. The van der Waals surface area contributed by atoms with Crippen molar-refractivity contribution < 1.29 is 0 Å². The second kappa shape index (κ2) is 6.88. The zero-order valence-corrected chi connectivity index (χ0v) is 16.8. The summed E-state index contributed by atoms with van der Waals surface area (Å²) in [4.78, 5) is 5.03. The molecule has 136 valence electrons. The average molecular weight is 380 g/mol. The van der Waals surface area contributed by atoms with Gasteiger partial charge in [-0.15, -0.1) is 0 Å². The number of fused-ring (bicyclic) bond motifs is 2. The molecule has 0 aromatic heterocycles. The van der Waals surface area contributed by atoms with Crippen molar-refractivity contribution in [2.24, 2.45) is 0 Å². The maximum atomic E-state index is 2.42. The SMILES string of the molecule is Cc1ccc2c(c1)Sc1cc(C)ccc1N2c1ccccc1-c1ccccc1. The average Bonchev–Trinajstić information content (AvgIpc) is 2.72. The Morgan fingerprint density at radius 2 is 1.14 bits per heavy atom. The summed E-state index contributed by atoms with van der Waals surface area (Å²) in [5, 5.41) is 0. The Labute approximate surface area is 170 Å². The summed E-state index contributed by atoms with van der Waals surface area (Å²) in [7, 11) is 0. The number of hydrogen-bond donors (Lipinski definition) is 0. The molecule has 0 aliphatic carbocycles. The largest absolute Gasteiger partial charge is 0.308 e. The molecule has 0 N–H and O–H groups in total. The molecule has 2 heteroatoms. The molecule has 0 bridgehead atoms. The van der Waals surface area contributed by atoms with Crippen molar-refractivity contribution in [2.75, 3.05) is 4.90 Å². The molecule has 0 unspecified atom stereocenters. The van der Waals surface area contributed by atoms with E-state index >= 15 is 0 Å². The zero-order valence-electron chi connectivity index (χ0n) is 16.0. The minimum atomic E-state index is 1.21. The van der Waals surface area contributed by atoms with E-state index < -0.39 is 0 Å². The third-order valence-corrected chi connectivity index (χ3v) is 6.26. The van der Waals surface area contributed by atoms with Crippen LogP contribution in [0.2, 0.25) is 0 Å². The van der Waals surface area contributed by atoms with Crippen LogP contribution in [0.5, 0.6) is 0 Å². The quantitative estimate of drug-likeness (QED) is 0.306. The number of rotatable bonds is 2. The summed E-state index contributed by atoms with van der Waals surface area (Å²) >= 11 is 1.87. The predicted octanol–water partition coefficient (Wildman–Crippen LogP) is 7.90. The van der Waals surface area contributed by atoms with Crippen molar-refractivity contribution >= 4 is 28.8 Å². The molecule has 0 saturated heterocycles. The third-order valence-electron chi connectivity index (χ3n) is 5.16. The first kappa shape index (κ1) is 17.2. The molecule has 4 aromatic carbocycles. The van der Waals surface area contributed by atoms with Gasteiger partial charge in [0.1, 0.15) is 0 Å². The second-order valence-electron chi connectivity index (χ2n) is 7.26. The smallest absolute Gasteiger partial charge is 0.0602 e. The van der Waals surface area contributed by atoms with Gasteiger partial charge in [-0.05, 0) is 60.9 Å². The summed E-state index contributed by atoms with van der Waals surface area (Å²) in [5.74, 6) is 0. The molecular weight excluding hydrogens is 358 g/mol. The van der Waals surface area contributed by atoms with Crippen LogP contribution in [0.25, 0.3) is 11.1 Å². The highest BCUT2D eigenvalue weighted by Gasteiger charge is 2.26. The fourth-order valence-corrected chi connectivity index (χ4v) is 5.07. The van der Waals surface area contributed by atoms with Crippen LogP contribution in [-0.4, -0.2) is 0 Å². The molecule has 5 rings (SSSR count). The highest BCUT2D eigenvalue weighted by atomic mass is 32.2. The number of anilines is 3. The Bertz CT molecular complexity index is 1110. The van der Waals surface area contributed by atoms with Gasteiger partial charge in [-0.2, -0.15) is 0 Å². The first-order valence-electron chi connectivity index (χ1n) is 9.54. The van der Waals surface area contributed by atoms with Gasteiger partial charge in [0.2, 0.25) is 0 Å². The van der Waals surface area contributed by atoms with Crippen LogP contribution in [0.3, 0.4) is 0 Å². The van der Waals surface area contributed by atoms with E-state index in [1.54, 1.807) is 0 Å². The molecule has 0 amide bonds. The van der Waals surface area contributed by atoms with Gasteiger partial charge in [0.25, 0.3) is 0 Å². The van der Waals surface area contributed by atoms with E-state index in [2.05, 4.69) is 110 Å². The van der Waals surface area contributed by atoms with Gasteiger partial charge in [0.05, 0.1) is 17.1 Å². The van der Waals surface area contributed by atoms with Crippen molar-refractivity contribution in [3.8, 4) is 11.1 Å². The first-order valence-corrected chi connectivity index (χ1v) is 10.4. The lowest BCUT2D eigenvalue weighted by molar-refractivity contribution is 1.15. The summed E-state index contributed by atoms with van der Waals surface area (Å²) < 4.78 is 0. The van der Waals surface area contributed by atoms with Gasteiger partial charge in [-0.1, -0.05) is 72.4 Å². The summed E-state index contributed by atoms with van der Waals surface area (Å²) in [6.45, 7) is 4.32. The van der Waals surface area contributed by atoms with E-state index in [4.69, 9.17) is 0 Å². The lowest BCUT2D eigenvalue weighted by Gasteiger charge is -2.34. The first-order chi connectivity index (χ1) is 13.7. The van der Waals surface area contributed by atoms with Crippen LogP contribution in [0, 0.1) is 13.8 Å². The number of hydrogen-bond acceptors (Lipinski definition) is 2. The number of benzene rings is 4. The van der Waals surface area contributed by atoms with E-state index in [9.17, 15) is 0 Å². The molecule has 0 atom stereocenters. The Balaban J connectivity index is 1.78. The number of para-hydroxylation sites is 1. The van der Waals surface area contributed by atoms with Crippen LogP contribution in [0.4, 0.5) is 17.1 Å². The molecule has 1 aliphatic heterocycles. The van der Waals surface area contributed by atoms with Crippen molar-refractivity contribution in [3.63, 3.8) is 0 Å². The summed E-state index contributed by atoms with van der Waals surface area (Å²) in [6, 6.07) is 32.8. The predicted molar refractivity (Wildman–Crippen MR) is 120 cm³/mol. The third kappa shape index (κ3) is 2.90. The maximum absolute atomic E-state index is 2.42. The van der Waals surface area contributed by atoms with Crippen molar-refractivity contribution in [1.82, 2.24) is 0 Å². The lowest BCUT2D eigenvalue weighted by Crippen LogP contribution is -2.16. The van der Waals surface area contributed by atoms with Crippen LogP contribution >= 0.6 is 11.8 Å². The molecular formula is C26H21NS. The highest BCUT2D eigenvalue weighted by Crippen LogP contribution is 2.53. The van der Waals surface area contributed by atoms with Crippen LogP contribution in [0.1, 0.15) is 11.1 Å². The van der Waals surface area contributed by atoms with E-state index in [1.165, 1.54) is 49.1 Å². The Morgan fingerprint density at radius 3 is 1.79 bits per heavy atom. The Morgan fingerprint density at radius 1 is 0.571 bits per heavy atom. The molecule has 0 spiro atoms. The molecule has 0 radical (unpaired) electrons. The topological polar surface area (TPSA) is 3.24 Å². The summed E-state index contributed by atoms with van der Waals surface area (Å²) in [6.07, 6.45) is 0. The van der Waals surface area contributed by atoms with Gasteiger partial charge in [-0.3, -0.25) is 0 Å². The van der Waals surface area contributed by atoms with Crippen LogP contribution in [-0.2, 0) is 0 Å². The number of aryl methyl sites for hydroxylation is 2. The van der Waals surface area contributed by atoms with Crippen molar-refractivity contribution in [2.45, 2.75) is 23.6 Å². The van der Waals surface area contributed by atoms with E-state index in [-0.39, 0.29) is 0 Å². The maximum Gasteiger partial charge on any atom is 0.0602 e. The molecule has 1 aliphatic rings. The monoisotopic (exact) mass is 379 g/mol. The van der Waals surface area contributed by atoms with Gasteiger partial charge in [-0.25, -0.2) is 0 Å². The fourth-order valence-electron chi connectivity index (χ4n) is 3.81. The van der Waals surface area contributed by atoms with Crippen molar-refractivity contribution in [1.29, 1.82) is 0 Å². The second-order valence-corrected chi connectivity index (χ2v) is 8.35. The minimum Gasteiger partial charge on any atom is -0.308 e. The lowest BCUT2D eigenvalue weighted by atomic mass is 10.0. The molecule has 0 fully saturated rings. The summed E-state index contributed by atoms with van der Waals surface area (Å²) in [5.41, 5.74) is 8.76. The van der Waals surface area contributed by atoms with Gasteiger partial charge in [0, 0.05) is 15.4 Å². The van der Waals surface area contributed by atoms with Crippen molar-refractivity contribution in [3.05, 3.63) is 102 Å².